The van der Waals surface area contributed by atoms with Crippen LogP contribution in [-0.4, -0.2) is 12.6 Å². The maximum absolute atomic E-state index is 11.5. The lowest BCUT2D eigenvalue weighted by atomic mass is 9.82. The number of hydrogen-bond donors (Lipinski definition) is 1. The largest absolute Gasteiger partial charge is 0.466 e. The molecule has 3 nitrogen and oxygen atoms in total. The normalized spacial score (nSPS) is 13.4. The first-order valence-electron chi connectivity index (χ1n) is 6.00. The highest BCUT2D eigenvalue weighted by Gasteiger charge is 2.26. The van der Waals surface area contributed by atoms with E-state index in [9.17, 15) is 4.79 Å². The van der Waals surface area contributed by atoms with Gasteiger partial charge in [0.15, 0.2) is 0 Å². The summed E-state index contributed by atoms with van der Waals surface area (Å²) in [6.07, 6.45) is 1.17. The van der Waals surface area contributed by atoms with Gasteiger partial charge in [-0.2, -0.15) is 0 Å². The van der Waals surface area contributed by atoms with Crippen LogP contribution >= 0.6 is 27.3 Å². The van der Waals surface area contributed by atoms with E-state index >= 15 is 0 Å². The van der Waals surface area contributed by atoms with Crippen molar-refractivity contribution in [2.24, 2.45) is 11.1 Å². The van der Waals surface area contributed by atoms with Crippen LogP contribution < -0.4 is 5.73 Å². The van der Waals surface area contributed by atoms with Crippen LogP contribution in [-0.2, 0) is 9.53 Å². The van der Waals surface area contributed by atoms with Crippen molar-refractivity contribution in [1.29, 1.82) is 0 Å². The molecule has 0 saturated heterocycles. The average molecular weight is 334 g/mol. The molecule has 0 bridgehead atoms. The van der Waals surface area contributed by atoms with E-state index in [4.69, 9.17) is 10.5 Å². The van der Waals surface area contributed by atoms with E-state index in [1.54, 1.807) is 11.3 Å². The van der Waals surface area contributed by atoms with Crippen molar-refractivity contribution in [3.63, 3.8) is 0 Å². The first kappa shape index (κ1) is 15.7. The van der Waals surface area contributed by atoms with Gasteiger partial charge in [-0.15, -0.1) is 11.3 Å². The Morgan fingerprint density at radius 3 is 2.72 bits per heavy atom. The molecule has 5 heteroatoms. The summed E-state index contributed by atoms with van der Waals surface area (Å²) >= 11 is 5.07. The lowest BCUT2D eigenvalue weighted by Gasteiger charge is -2.26. The Morgan fingerprint density at radius 1 is 1.56 bits per heavy atom. The highest BCUT2D eigenvalue weighted by molar-refractivity contribution is 9.11. The molecule has 2 N–H and O–H groups in total. The van der Waals surface area contributed by atoms with Gasteiger partial charge >= 0.3 is 5.97 Å². The molecule has 0 fully saturated rings. The third-order valence-corrected chi connectivity index (χ3v) is 4.42. The zero-order chi connectivity index (χ0) is 13.8. The molecule has 1 rings (SSSR count). The van der Waals surface area contributed by atoms with E-state index in [2.05, 4.69) is 15.9 Å². The molecule has 0 aliphatic carbocycles. The minimum absolute atomic E-state index is 0.0364. The van der Waals surface area contributed by atoms with Gasteiger partial charge in [-0.1, -0.05) is 13.8 Å². The molecule has 0 aliphatic heterocycles. The number of carbonyl (C=O) groups is 1. The van der Waals surface area contributed by atoms with Crippen molar-refractivity contribution in [2.75, 3.05) is 6.61 Å². The fraction of sp³-hybridized carbons (Fsp3) is 0.615. The predicted molar refractivity (Wildman–Crippen MR) is 78.6 cm³/mol. The van der Waals surface area contributed by atoms with E-state index < -0.39 is 0 Å². The van der Waals surface area contributed by atoms with Crippen LogP contribution in [0.1, 0.15) is 44.5 Å². The second-order valence-corrected chi connectivity index (χ2v) is 7.59. The second kappa shape index (κ2) is 6.68. The summed E-state index contributed by atoms with van der Waals surface area (Å²) in [6.45, 7) is 6.34. The van der Waals surface area contributed by atoms with Crippen LogP contribution in [0.4, 0.5) is 0 Å². The fourth-order valence-electron chi connectivity index (χ4n) is 1.90. The van der Waals surface area contributed by atoms with Crippen LogP contribution in [0, 0.1) is 5.41 Å². The average Bonchev–Trinajstić information content (AvgIpc) is 2.63. The molecule has 1 atom stereocenters. The number of carbonyl (C=O) groups excluding carboxylic acids is 1. The molecule has 102 valence electrons. The van der Waals surface area contributed by atoms with Crippen molar-refractivity contribution in [3.8, 4) is 0 Å². The molecular weight excluding hydrogens is 314 g/mol. The fourth-order valence-corrected chi connectivity index (χ4v) is 3.32. The van der Waals surface area contributed by atoms with E-state index in [-0.39, 0.29) is 17.4 Å². The molecule has 0 aromatic carbocycles. The molecule has 1 unspecified atom stereocenters. The van der Waals surface area contributed by atoms with Crippen LogP contribution in [0.15, 0.2) is 15.9 Å². The quantitative estimate of drug-likeness (QED) is 0.803. The molecule has 18 heavy (non-hydrogen) atoms. The molecule has 1 aromatic rings. The zero-order valence-corrected chi connectivity index (χ0v) is 13.4. The Bertz CT molecular complexity index is 403. The van der Waals surface area contributed by atoms with E-state index in [0.717, 1.165) is 15.1 Å². The van der Waals surface area contributed by atoms with E-state index in [1.807, 2.05) is 32.9 Å². The number of esters is 1. The third-order valence-electron chi connectivity index (χ3n) is 2.66. The van der Waals surface area contributed by atoms with Crippen molar-refractivity contribution < 1.29 is 9.53 Å². The molecule has 0 saturated carbocycles. The van der Waals surface area contributed by atoms with Gasteiger partial charge in [0.05, 0.1) is 16.8 Å². The Balaban J connectivity index is 2.56. The SMILES string of the molecule is CCOC(=O)CC(C)(C)CC(N)c1ccc(Br)s1. The Morgan fingerprint density at radius 2 is 2.22 bits per heavy atom. The first-order chi connectivity index (χ1) is 8.34. The number of hydrogen-bond acceptors (Lipinski definition) is 4. The number of nitrogens with two attached hydrogens (primary N) is 1. The first-order valence-corrected chi connectivity index (χ1v) is 7.61. The standard InChI is InChI=1S/C13H20BrNO2S/c1-4-17-12(16)8-13(2,3)7-9(15)10-5-6-11(14)18-10/h5-6,9H,4,7-8,15H2,1-3H3. The summed E-state index contributed by atoms with van der Waals surface area (Å²) < 4.78 is 6.06. The van der Waals surface area contributed by atoms with Gasteiger partial charge in [-0.3, -0.25) is 4.79 Å². The molecule has 1 heterocycles. The van der Waals surface area contributed by atoms with Crippen LogP contribution in [0.5, 0.6) is 0 Å². The van der Waals surface area contributed by atoms with Crippen LogP contribution in [0.25, 0.3) is 0 Å². The van der Waals surface area contributed by atoms with Crippen molar-refractivity contribution >= 4 is 33.2 Å². The Kier molecular flexibility index (Phi) is 5.82. The maximum Gasteiger partial charge on any atom is 0.306 e. The minimum atomic E-state index is -0.151. The molecule has 0 amide bonds. The summed E-state index contributed by atoms with van der Waals surface area (Å²) in [5, 5.41) is 0. The van der Waals surface area contributed by atoms with Gasteiger partial charge in [0.25, 0.3) is 0 Å². The van der Waals surface area contributed by atoms with Gasteiger partial charge in [0.1, 0.15) is 0 Å². The summed E-state index contributed by atoms with van der Waals surface area (Å²) in [4.78, 5) is 12.7. The van der Waals surface area contributed by atoms with Gasteiger partial charge < -0.3 is 10.5 Å². The number of rotatable bonds is 6. The summed E-state index contributed by atoms with van der Waals surface area (Å²) in [6, 6.07) is 3.99. The summed E-state index contributed by atoms with van der Waals surface area (Å²) in [5.41, 5.74) is 6.03. The minimum Gasteiger partial charge on any atom is -0.466 e. The zero-order valence-electron chi connectivity index (χ0n) is 11.0. The number of thiophene rings is 1. The monoisotopic (exact) mass is 333 g/mol. The van der Waals surface area contributed by atoms with Crippen molar-refractivity contribution in [2.45, 2.75) is 39.7 Å². The van der Waals surface area contributed by atoms with E-state index in [1.165, 1.54) is 0 Å². The topological polar surface area (TPSA) is 52.3 Å². The maximum atomic E-state index is 11.5. The van der Waals surface area contributed by atoms with Gasteiger partial charge in [0, 0.05) is 10.9 Å². The molecule has 0 radical (unpaired) electrons. The summed E-state index contributed by atoms with van der Waals surface area (Å²) in [5.74, 6) is -0.151. The van der Waals surface area contributed by atoms with Crippen LogP contribution in [0.2, 0.25) is 0 Å². The highest BCUT2D eigenvalue weighted by atomic mass is 79.9. The van der Waals surface area contributed by atoms with E-state index in [0.29, 0.717) is 13.0 Å². The molecule has 0 aliphatic rings. The van der Waals surface area contributed by atoms with Crippen molar-refractivity contribution in [3.05, 3.63) is 20.8 Å². The van der Waals surface area contributed by atoms with Gasteiger partial charge in [0.2, 0.25) is 0 Å². The molecule has 1 aromatic heterocycles. The van der Waals surface area contributed by atoms with Gasteiger partial charge in [-0.25, -0.2) is 0 Å². The van der Waals surface area contributed by atoms with Gasteiger partial charge in [-0.05, 0) is 46.8 Å². The van der Waals surface area contributed by atoms with Crippen molar-refractivity contribution in [1.82, 2.24) is 0 Å². The Labute approximate surface area is 121 Å². The lowest BCUT2D eigenvalue weighted by molar-refractivity contribution is -0.145. The smallest absolute Gasteiger partial charge is 0.306 e. The highest BCUT2D eigenvalue weighted by Crippen LogP contribution is 2.35. The molecule has 0 spiro atoms. The lowest BCUT2D eigenvalue weighted by Crippen LogP contribution is -2.24. The molecular formula is C13H20BrNO2S. The number of ether oxygens (including phenoxy) is 1. The Hall–Kier alpha value is -0.390. The summed E-state index contributed by atoms with van der Waals surface area (Å²) in [7, 11) is 0. The second-order valence-electron chi connectivity index (χ2n) is 5.10. The number of halogens is 1. The van der Waals surface area contributed by atoms with Crippen LogP contribution in [0.3, 0.4) is 0 Å². The third kappa shape index (κ3) is 5.08. The predicted octanol–water partition coefficient (Wildman–Crippen LogP) is 3.88.